The highest BCUT2D eigenvalue weighted by molar-refractivity contribution is 5.26. The van der Waals surface area contributed by atoms with Crippen LogP contribution in [0.25, 0.3) is 0 Å². The molecule has 0 spiro atoms. The fourth-order valence-electron chi connectivity index (χ4n) is 2.00. The van der Waals surface area contributed by atoms with Gasteiger partial charge < -0.3 is 5.11 Å². The molecule has 0 fully saturated rings. The lowest BCUT2D eigenvalue weighted by Gasteiger charge is -2.25. The van der Waals surface area contributed by atoms with E-state index in [-0.39, 0.29) is 11.5 Å². The number of halogens is 3. The zero-order chi connectivity index (χ0) is 12.5. The first-order chi connectivity index (χ1) is 7.34. The van der Waals surface area contributed by atoms with Gasteiger partial charge in [-0.2, -0.15) is 0 Å². The highest BCUT2D eigenvalue weighted by Gasteiger charge is 2.27. The molecule has 4 heteroatoms. The molecule has 1 nitrogen and oxygen atoms in total. The average Bonchev–Trinajstić information content (AvgIpc) is 2.09. The summed E-state index contributed by atoms with van der Waals surface area (Å²) < 4.78 is 39.7. The third-order valence-corrected chi connectivity index (χ3v) is 2.62. The molecule has 16 heavy (non-hydrogen) atoms. The Bertz CT molecular complexity index is 344. The van der Waals surface area contributed by atoms with Gasteiger partial charge in [-0.25, -0.2) is 13.2 Å². The van der Waals surface area contributed by atoms with Crippen LogP contribution in [0, 0.1) is 23.4 Å². The fourth-order valence-corrected chi connectivity index (χ4v) is 2.00. The van der Waals surface area contributed by atoms with Crippen LogP contribution < -0.4 is 0 Å². The lowest BCUT2D eigenvalue weighted by atomic mass is 9.84. The Morgan fingerprint density at radius 1 is 1.00 bits per heavy atom. The molecule has 1 unspecified atom stereocenters. The van der Waals surface area contributed by atoms with Crippen molar-refractivity contribution in [2.75, 3.05) is 0 Å². The Labute approximate surface area is 92.9 Å². The molecule has 0 aliphatic carbocycles. The standard InChI is InChI=1S/C12H15F3O/c1-6(2)11(7(3)16)12-9(14)4-8(13)5-10(12)15/h4-7,11,16H,1-3H3/t7?,11-/m1/s1. The summed E-state index contributed by atoms with van der Waals surface area (Å²) in [5.41, 5.74) is -0.244. The summed E-state index contributed by atoms with van der Waals surface area (Å²) in [6.07, 6.45) is -0.894. The lowest BCUT2D eigenvalue weighted by Crippen LogP contribution is -2.22. The van der Waals surface area contributed by atoms with Gasteiger partial charge in [0.25, 0.3) is 0 Å². The first-order valence-electron chi connectivity index (χ1n) is 5.17. The number of rotatable bonds is 3. The van der Waals surface area contributed by atoms with Gasteiger partial charge in [0, 0.05) is 23.6 Å². The third-order valence-electron chi connectivity index (χ3n) is 2.62. The molecular weight excluding hydrogens is 217 g/mol. The molecule has 0 bridgehead atoms. The highest BCUT2D eigenvalue weighted by atomic mass is 19.1. The summed E-state index contributed by atoms with van der Waals surface area (Å²) in [6, 6.07) is 1.27. The smallest absolute Gasteiger partial charge is 0.132 e. The molecule has 0 aromatic heterocycles. The summed E-state index contributed by atoms with van der Waals surface area (Å²) in [5, 5.41) is 9.53. The lowest BCUT2D eigenvalue weighted by molar-refractivity contribution is 0.135. The van der Waals surface area contributed by atoms with Gasteiger partial charge in [-0.3, -0.25) is 0 Å². The van der Waals surface area contributed by atoms with E-state index in [1.54, 1.807) is 13.8 Å². The second kappa shape index (κ2) is 4.87. The molecule has 0 saturated heterocycles. The van der Waals surface area contributed by atoms with Crippen molar-refractivity contribution in [1.29, 1.82) is 0 Å². The molecule has 2 atom stereocenters. The first-order valence-corrected chi connectivity index (χ1v) is 5.17. The van der Waals surface area contributed by atoms with Gasteiger partial charge in [0.2, 0.25) is 0 Å². The van der Waals surface area contributed by atoms with Crippen LogP contribution in [0.1, 0.15) is 32.3 Å². The van der Waals surface area contributed by atoms with E-state index in [0.717, 1.165) is 0 Å². The molecule has 1 N–H and O–H groups in total. The fraction of sp³-hybridized carbons (Fsp3) is 0.500. The molecule has 0 radical (unpaired) electrons. The van der Waals surface area contributed by atoms with Crippen molar-refractivity contribution in [2.45, 2.75) is 32.8 Å². The van der Waals surface area contributed by atoms with Crippen LogP contribution in [0.2, 0.25) is 0 Å². The van der Waals surface area contributed by atoms with E-state index < -0.39 is 29.5 Å². The molecular formula is C12H15F3O. The van der Waals surface area contributed by atoms with Crippen LogP contribution in [-0.2, 0) is 0 Å². The van der Waals surface area contributed by atoms with Crippen molar-refractivity contribution in [3.63, 3.8) is 0 Å². The molecule has 1 aromatic rings. The largest absolute Gasteiger partial charge is 0.393 e. The van der Waals surface area contributed by atoms with E-state index in [0.29, 0.717) is 12.1 Å². The molecule has 0 aliphatic rings. The van der Waals surface area contributed by atoms with Gasteiger partial charge >= 0.3 is 0 Å². The second-order valence-corrected chi connectivity index (χ2v) is 4.29. The van der Waals surface area contributed by atoms with Crippen molar-refractivity contribution in [1.82, 2.24) is 0 Å². The predicted molar refractivity (Wildman–Crippen MR) is 55.6 cm³/mol. The summed E-state index contributed by atoms with van der Waals surface area (Å²) in [6.45, 7) is 4.96. The topological polar surface area (TPSA) is 20.2 Å². The Hall–Kier alpha value is -1.03. The molecule has 0 amide bonds. The predicted octanol–water partition coefficient (Wildman–Crippen LogP) is 3.22. The van der Waals surface area contributed by atoms with E-state index in [1.807, 2.05) is 0 Å². The Morgan fingerprint density at radius 3 is 1.75 bits per heavy atom. The monoisotopic (exact) mass is 232 g/mol. The molecule has 0 heterocycles. The van der Waals surface area contributed by atoms with Crippen molar-refractivity contribution >= 4 is 0 Å². The number of benzene rings is 1. The zero-order valence-corrected chi connectivity index (χ0v) is 9.47. The maximum Gasteiger partial charge on any atom is 0.132 e. The Balaban J connectivity index is 3.29. The summed E-state index contributed by atoms with van der Waals surface area (Å²) >= 11 is 0. The molecule has 0 saturated carbocycles. The van der Waals surface area contributed by atoms with Crippen molar-refractivity contribution in [3.8, 4) is 0 Å². The van der Waals surface area contributed by atoms with Gasteiger partial charge in [0.1, 0.15) is 17.5 Å². The minimum absolute atomic E-state index is 0.144. The second-order valence-electron chi connectivity index (χ2n) is 4.29. The highest BCUT2D eigenvalue weighted by Crippen LogP contribution is 2.32. The van der Waals surface area contributed by atoms with Crippen molar-refractivity contribution in [2.24, 2.45) is 5.92 Å². The van der Waals surface area contributed by atoms with E-state index in [1.165, 1.54) is 6.92 Å². The number of aliphatic hydroxyl groups is 1. The van der Waals surface area contributed by atoms with Gasteiger partial charge in [0.05, 0.1) is 6.10 Å². The van der Waals surface area contributed by atoms with E-state index in [4.69, 9.17) is 0 Å². The van der Waals surface area contributed by atoms with Crippen LogP contribution in [0.4, 0.5) is 13.2 Å². The van der Waals surface area contributed by atoms with Crippen LogP contribution in [-0.4, -0.2) is 11.2 Å². The normalized spacial score (nSPS) is 15.2. The number of hydrogen-bond donors (Lipinski definition) is 1. The molecule has 90 valence electrons. The van der Waals surface area contributed by atoms with Crippen molar-refractivity contribution in [3.05, 3.63) is 35.1 Å². The maximum atomic E-state index is 13.5. The maximum absolute atomic E-state index is 13.5. The minimum atomic E-state index is -0.952. The van der Waals surface area contributed by atoms with Gasteiger partial charge in [0.15, 0.2) is 0 Å². The molecule has 1 aromatic carbocycles. The Kier molecular flexibility index (Phi) is 3.97. The third kappa shape index (κ3) is 2.55. The first kappa shape index (κ1) is 13.0. The quantitative estimate of drug-likeness (QED) is 0.848. The van der Waals surface area contributed by atoms with Crippen LogP contribution >= 0.6 is 0 Å². The average molecular weight is 232 g/mol. The van der Waals surface area contributed by atoms with E-state index in [2.05, 4.69) is 0 Å². The minimum Gasteiger partial charge on any atom is -0.393 e. The van der Waals surface area contributed by atoms with Crippen LogP contribution in [0.3, 0.4) is 0 Å². The van der Waals surface area contributed by atoms with Gasteiger partial charge in [-0.1, -0.05) is 13.8 Å². The molecule has 0 aliphatic heterocycles. The number of hydrogen-bond acceptors (Lipinski definition) is 1. The number of aliphatic hydroxyl groups excluding tert-OH is 1. The van der Waals surface area contributed by atoms with Crippen molar-refractivity contribution < 1.29 is 18.3 Å². The summed E-state index contributed by atoms with van der Waals surface area (Å²) in [5.74, 6) is -3.67. The van der Waals surface area contributed by atoms with E-state index >= 15 is 0 Å². The van der Waals surface area contributed by atoms with E-state index in [9.17, 15) is 18.3 Å². The summed E-state index contributed by atoms with van der Waals surface area (Å²) in [4.78, 5) is 0. The molecule has 1 rings (SSSR count). The SMILES string of the molecule is CC(C)[C@@H](c1c(F)cc(F)cc1F)C(C)O. The van der Waals surface area contributed by atoms with Crippen LogP contribution in [0.5, 0.6) is 0 Å². The summed E-state index contributed by atoms with van der Waals surface area (Å²) in [7, 11) is 0. The zero-order valence-electron chi connectivity index (χ0n) is 9.47. The van der Waals surface area contributed by atoms with Crippen LogP contribution in [0.15, 0.2) is 12.1 Å². The van der Waals surface area contributed by atoms with Gasteiger partial charge in [-0.15, -0.1) is 0 Å². The Morgan fingerprint density at radius 2 is 1.44 bits per heavy atom. The van der Waals surface area contributed by atoms with Gasteiger partial charge in [-0.05, 0) is 12.8 Å².